The van der Waals surface area contributed by atoms with Gasteiger partial charge < -0.3 is 10.6 Å². The third-order valence-electron chi connectivity index (χ3n) is 2.54. The number of amides is 2. The van der Waals surface area contributed by atoms with Gasteiger partial charge in [-0.2, -0.15) is 5.10 Å². The topological polar surface area (TPSA) is 86.9 Å². The molecule has 0 aliphatic heterocycles. The first kappa shape index (κ1) is 14.3. The molecule has 0 saturated heterocycles. The minimum Gasteiger partial charge on any atom is -0.347 e. The fraction of sp³-hybridized carbons (Fsp3) is 0.154. The maximum absolute atomic E-state index is 11.7. The molecule has 7 heteroatoms. The van der Waals surface area contributed by atoms with Crippen LogP contribution in [0, 0.1) is 0 Å². The molecule has 0 aliphatic rings. The zero-order valence-electron chi connectivity index (χ0n) is 10.5. The van der Waals surface area contributed by atoms with Crippen molar-refractivity contribution in [1.82, 2.24) is 15.5 Å². The van der Waals surface area contributed by atoms with Gasteiger partial charge in [0.15, 0.2) is 0 Å². The summed E-state index contributed by atoms with van der Waals surface area (Å²) in [6, 6.07) is 7.46. The van der Waals surface area contributed by atoms with Gasteiger partial charge in [-0.1, -0.05) is 34.1 Å². The average molecular weight is 337 g/mol. The van der Waals surface area contributed by atoms with E-state index in [2.05, 4.69) is 36.8 Å². The van der Waals surface area contributed by atoms with Crippen molar-refractivity contribution in [2.75, 3.05) is 11.9 Å². The molecule has 3 N–H and O–H groups in total. The Bertz CT molecular complexity index is 598. The number of nitrogens with zero attached hydrogens (tertiary/aromatic N) is 1. The lowest BCUT2D eigenvalue weighted by atomic mass is 10.1. The minimum atomic E-state index is -0.299. The summed E-state index contributed by atoms with van der Waals surface area (Å²) < 4.78 is 0.873. The van der Waals surface area contributed by atoms with E-state index in [0.29, 0.717) is 5.69 Å². The van der Waals surface area contributed by atoms with E-state index in [-0.39, 0.29) is 24.8 Å². The lowest BCUT2D eigenvalue weighted by Gasteiger charge is -2.06. The summed E-state index contributed by atoms with van der Waals surface area (Å²) in [5, 5.41) is 11.4. The van der Waals surface area contributed by atoms with Gasteiger partial charge in [0, 0.05) is 10.7 Å². The molecule has 0 fully saturated rings. The Morgan fingerprint density at radius 2 is 2.05 bits per heavy atom. The lowest BCUT2D eigenvalue weighted by Crippen LogP contribution is -2.33. The van der Waals surface area contributed by atoms with Crippen molar-refractivity contribution in [2.45, 2.75) is 6.42 Å². The number of aromatic amines is 1. The van der Waals surface area contributed by atoms with Crippen molar-refractivity contribution < 1.29 is 9.59 Å². The first-order valence-corrected chi connectivity index (χ1v) is 6.73. The van der Waals surface area contributed by atoms with E-state index in [4.69, 9.17) is 0 Å². The quantitative estimate of drug-likeness (QED) is 0.772. The maximum Gasteiger partial charge on any atom is 0.243 e. The van der Waals surface area contributed by atoms with Crippen LogP contribution in [-0.4, -0.2) is 28.6 Å². The standard InChI is InChI=1S/C13H13BrN4O2/c14-11-4-2-1-3-9(11)5-12(19)15-8-13(20)18-10-6-16-17-7-10/h1-4,6-7H,5,8H2,(H,15,19)(H,16,17)(H,18,20). The van der Waals surface area contributed by atoms with Crippen LogP contribution in [0.3, 0.4) is 0 Å². The highest BCUT2D eigenvalue weighted by molar-refractivity contribution is 9.10. The fourth-order valence-corrected chi connectivity index (χ4v) is 2.01. The summed E-state index contributed by atoms with van der Waals surface area (Å²) in [6.07, 6.45) is 3.27. The third kappa shape index (κ3) is 4.20. The van der Waals surface area contributed by atoms with E-state index in [1.807, 2.05) is 24.3 Å². The molecule has 20 heavy (non-hydrogen) atoms. The molecule has 0 spiro atoms. The van der Waals surface area contributed by atoms with E-state index in [9.17, 15) is 9.59 Å². The lowest BCUT2D eigenvalue weighted by molar-refractivity contribution is -0.123. The molecular weight excluding hydrogens is 324 g/mol. The molecule has 0 radical (unpaired) electrons. The van der Waals surface area contributed by atoms with Crippen molar-refractivity contribution >= 4 is 33.4 Å². The van der Waals surface area contributed by atoms with Crippen LogP contribution >= 0.6 is 15.9 Å². The molecule has 104 valence electrons. The molecule has 0 atom stereocenters. The second kappa shape index (κ2) is 6.85. The molecule has 2 aromatic rings. The third-order valence-corrected chi connectivity index (χ3v) is 3.31. The van der Waals surface area contributed by atoms with Gasteiger partial charge in [-0.15, -0.1) is 0 Å². The summed E-state index contributed by atoms with van der Waals surface area (Å²) in [6.45, 7) is -0.0749. The number of H-pyrrole nitrogens is 1. The molecule has 0 bridgehead atoms. The normalized spacial score (nSPS) is 10.1. The van der Waals surface area contributed by atoms with Crippen molar-refractivity contribution in [3.05, 3.63) is 46.7 Å². The Hall–Kier alpha value is -2.15. The van der Waals surface area contributed by atoms with Gasteiger partial charge in [0.05, 0.1) is 24.8 Å². The molecule has 0 saturated carbocycles. The Morgan fingerprint density at radius 3 is 2.75 bits per heavy atom. The van der Waals surface area contributed by atoms with Crippen LogP contribution in [0.4, 0.5) is 5.69 Å². The van der Waals surface area contributed by atoms with Gasteiger partial charge in [0.2, 0.25) is 11.8 Å². The number of carbonyl (C=O) groups is 2. The van der Waals surface area contributed by atoms with Gasteiger partial charge in [0.1, 0.15) is 0 Å². The van der Waals surface area contributed by atoms with Crippen LogP contribution in [-0.2, 0) is 16.0 Å². The minimum absolute atomic E-state index is 0.0749. The van der Waals surface area contributed by atoms with Crippen LogP contribution in [0.5, 0.6) is 0 Å². The highest BCUT2D eigenvalue weighted by Crippen LogP contribution is 2.16. The van der Waals surface area contributed by atoms with Crippen LogP contribution in [0.15, 0.2) is 41.1 Å². The number of carbonyl (C=O) groups excluding carboxylic acids is 2. The Labute approximate surface area is 124 Å². The summed E-state index contributed by atoms with van der Waals surface area (Å²) >= 11 is 3.37. The molecule has 0 unspecified atom stereocenters. The highest BCUT2D eigenvalue weighted by Gasteiger charge is 2.08. The fourth-order valence-electron chi connectivity index (χ4n) is 1.58. The van der Waals surface area contributed by atoms with E-state index in [0.717, 1.165) is 10.0 Å². The molecular formula is C13H13BrN4O2. The first-order chi connectivity index (χ1) is 9.65. The zero-order valence-corrected chi connectivity index (χ0v) is 12.1. The number of hydrogen-bond donors (Lipinski definition) is 3. The number of halogens is 1. The number of nitrogens with one attached hydrogen (secondary N) is 3. The van der Waals surface area contributed by atoms with Gasteiger partial charge >= 0.3 is 0 Å². The Morgan fingerprint density at radius 1 is 1.25 bits per heavy atom. The molecule has 1 aromatic carbocycles. The van der Waals surface area contributed by atoms with E-state index in [1.165, 1.54) is 6.20 Å². The van der Waals surface area contributed by atoms with E-state index >= 15 is 0 Å². The van der Waals surface area contributed by atoms with Gasteiger partial charge in [-0.25, -0.2) is 0 Å². The number of aromatic nitrogens is 2. The van der Waals surface area contributed by atoms with Crippen LogP contribution < -0.4 is 10.6 Å². The van der Waals surface area contributed by atoms with Crippen LogP contribution in [0.2, 0.25) is 0 Å². The van der Waals surface area contributed by atoms with E-state index < -0.39 is 0 Å². The molecule has 1 heterocycles. The largest absolute Gasteiger partial charge is 0.347 e. The smallest absolute Gasteiger partial charge is 0.243 e. The first-order valence-electron chi connectivity index (χ1n) is 5.94. The van der Waals surface area contributed by atoms with Crippen LogP contribution in [0.1, 0.15) is 5.56 Å². The van der Waals surface area contributed by atoms with Crippen LogP contribution in [0.25, 0.3) is 0 Å². The molecule has 0 aliphatic carbocycles. The summed E-state index contributed by atoms with van der Waals surface area (Å²) in [5.41, 5.74) is 1.44. The number of hydrogen-bond acceptors (Lipinski definition) is 3. The predicted octanol–water partition coefficient (Wildman–Crippen LogP) is 1.47. The van der Waals surface area contributed by atoms with Crippen molar-refractivity contribution in [1.29, 1.82) is 0 Å². The van der Waals surface area contributed by atoms with E-state index in [1.54, 1.807) is 6.20 Å². The second-order valence-electron chi connectivity index (χ2n) is 4.08. The number of rotatable bonds is 5. The molecule has 1 aromatic heterocycles. The Balaban J connectivity index is 1.78. The number of anilines is 1. The zero-order chi connectivity index (χ0) is 14.4. The van der Waals surface area contributed by atoms with Gasteiger partial charge in [-0.3, -0.25) is 14.7 Å². The van der Waals surface area contributed by atoms with Crippen molar-refractivity contribution in [3.63, 3.8) is 0 Å². The molecule has 2 rings (SSSR count). The van der Waals surface area contributed by atoms with Crippen molar-refractivity contribution in [3.8, 4) is 0 Å². The number of benzene rings is 1. The summed E-state index contributed by atoms with van der Waals surface area (Å²) in [4.78, 5) is 23.3. The SMILES string of the molecule is O=C(Cc1ccccc1Br)NCC(=O)Nc1cn[nH]c1. The maximum atomic E-state index is 11.7. The molecule has 6 nitrogen and oxygen atoms in total. The summed E-state index contributed by atoms with van der Waals surface area (Å²) in [7, 11) is 0. The summed E-state index contributed by atoms with van der Waals surface area (Å²) in [5.74, 6) is -0.508. The van der Waals surface area contributed by atoms with Crippen molar-refractivity contribution in [2.24, 2.45) is 0 Å². The van der Waals surface area contributed by atoms with Gasteiger partial charge in [-0.05, 0) is 11.6 Å². The Kier molecular flexibility index (Phi) is 4.89. The predicted molar refractivity (Wildman–Crippen MR) is 78.1 cm³/mol. The second-order valence-corrected chi connectivity index (χ2v) is 4.93. The average Bonchev–Trinajstić information content (AvgIpc) is 2.92. The van der Waals surface area contributed by atoms with Gasteiger partial charge in [0.25, 0.3) is 0 Å². The highest BCUT2D eigenvalue weighted by atomic mass is 79.9. The monoisotopic (exact) mass is 336 g/mol. The molecule has 2 amide bonds.